The van der Waals surface area contributed by atoms with E-state index in [0.29, 0.717) is 36.9 Å². The number of unbranched alkanes of at least 4 members (excludes halogenated alkanes) is 2. The number of hydrogen-bond acceptors (Lipinski definition) is 12. The zero-order valence-corrected chi connectivity index (χ0v) is 43.6. The highest BCUT2D eigenvalue weighted by Gasteiger charge is 2.39. The van der Waals surface area contributed by atoms with Crippen LogP contribution in [0.1, 0.15) is 129 Å². The topological polar surface area (TPSA) is 280 Å². The summed E-state index contributed by atoms with van der Waals surface area (Å²) < 4.78 is 30.7. The number of nitrogens with zero attached hydrogens (tertiary/aromatic N) is 4. The van der Waals surface area contributed by atoms with Gasteiger partial charge < -0.3 is 36.8 Å². The number of aliphatic hydroxyl groups excluding tert-OH is 1. The zero-order valence-electron chi connectivity index (χ0n) is 43.6. The van der Waals surface area contributed by atoms with E-state index in [4.69, 9.17) is 10.8 Å². The predicted molar refractivity (Wildman–Crippen MR) is 272 cm³/mol. The van der Waals surface area contributed by atoms with Crippen molar-refractivity contribution in [1.82, 2.24) is 35.5 Å². The van der Waals surface area contributed by atoms with Gasteiger partial charge in [-0.05, 0) is 61.1 Å². The molecule has 19 nitrogen and oxygen atoms in total. The number of carboxylic acid groups (broad SMARTS) is 1. The van der Waals surface area contributed by atoms with E-state index < -0.39 is 83.2 Å². The van der Waals surface area contributed by atoms with Gasteiger partial charge in [-0.25, -0.2) is 18.3 Å². The molecule has 2 heterocycles. The number of aromatic nitrogens is 2. The summed E-state index contributed by atoms with van der Waals surface area (Å²) in [5.41, 5.74) is 7.26. The molecule has 0 unspecified atom stereocenters. The number of ketones is 2. The number of nitrogens with one attached hydrogen (secondary N) is 3. The maximum Gasteiger partial charge on any atom is 0.326 e. The second-order valence-electron chi connectivity index (χ2n) is 20.4. The highest BCUT2D eigenvalue weighted by molar-refractivity contribution is 6.12. The number of rotatable bonds is 31. The van der Waals surface area contributed by atoms with Crippen molar-refractivity contribution in [2.75, 3.05) is 26.2 Å². The lowest BCUT2D eigenvalue weighted by molar-refractivity contribution is -0.143. The number of aliphatic carboxylic acids is 1. The first-order chi connectivity index (χ1) is 35.4. The molecule has 6 amide bonds. The lowest BCUT2D eigenvalue weighted by Crippen LogP contribution is -2.47. The highest BCUT2D eigenvalue weighted by Crippen LogP contribution is 2.40. The summed E-state index contributed by atoms with van der Waals surface area (Å²) in [6, 6.07) is 8.01. The molecule has 21 heteroatoms. The van der Waals surface area contributed by atoms with Crippen molar-refractivity contribution in [3.8, 4) is 5.69 Å². The van der Waals surface area contributed by atoms with Gasteiger partial charge in [0.15, 0.2) is 5.78 Å². The lowest BCUT2D eigenvalue weighted by atomic mass is 9.81. The number of Topliss-reactive ketones (excluding diaryl/α,β-unsaturated/α-hetero) is 2. The number of amides is 6. The van der Waals surface area contributed by atoms with Crippen LogP contribution < -0.4 is 21.7 Å². The largest absolute Gasteiger partial charge is 0.480 e. The Hall–Kier alpha value is -7.00. The lowest BCUT2D eigenvalue weighted by Gasteiger charge is -2.40. The second-order valence-corrected chi connectivity index (χ2v) is 20.4. The summed E-state index contributed by atoms with van der Waals surface area (Å²) in [7, 11) is 0. The van der Waals surface area contributed by atoms with Crippen molar-refractivity contribution in [2.45, 2.75) is 136 Å². The molecule has 0 saturated heterocycles. The Morgan fingerprint density at radius 3 is 2.15 bits per heavy atom. The summed E-state index contributed by atoms with van der Waals surface area (Å²) in [5.74, 6) is -7.93. The standard InChI is InChI=1S/C54H72F2N8O11/c1-33(2)48(60-44(68)17-11-8-12-26-62-45(69)22-23-46(62)70)43(67)28-34(3)51(72)59-41(53(74)75)21-19-38(66)16-13-25-58-52(73)40(57)24-27-63(47(71)32-65)50(54(4,5)6)49-36(29-35-14-9-7-10-15-35)31-64(61-49)42-30-37(55)18-20-39(42)56/h7,9-10,14-15,18,20,22-23,30-31,33-34,40-41,48,50,65H,8,11-13,16-17,19,21,24-29,32,57H2,1-6H3,(H,58,73)(H,59,72)(H,60,68)(H,74,75)/t34-,40+,41+,48+,50+/m1/s1. The monoisotopic (exact) mass is 1050 g/mol. The van der Waals surface area contributed by atoms with E-state index in [-0.39, 0.29) is 99.7 Å². The fourth-order valence-electron chi connectivity index (χ4n) is 8.71. The number of hydrogen-bond donors (Lipinski definition) is 6. The van der Waals surface area contributed by atoms with Gasteiger partial charge in [-0.1, -0.05) is 78.3 Å². The van der Waals surface area contributed by atoms with Crippen molar-refractivity contribution in [1.29, 1.82) is 0 Å². The van der Waals surface area contributed by atoms with E-state index in [9.17, 15) is 57.8 Å². The minimum atomic E-state index is -1.44. The molecule has 0 fully saturated rings. The highest BCUT2D eigenvalue weighted by atomic mass is 19.1. The summed E-state index contributed by atoms with van der Waals surface area (Å²) in [6.07, 6.45) is 5.28. The fraction of sp³-hybridized carbons (Fsp3) is 0.519. The molecule has 7 N–H and O–H groups in total. The van der Waals surface area contributed by atoms with E-state index in [0.717, 1.165) is 28.7 Å². The molecule has 1 aliphatic rings. The molecule has 0 bridgehead atoms. The maximum atomic E-state index is 15.1. The van der Waals surface area contributed by atoms with E-state index >= 15 is 4.39 Å². The van der Waals surface area contributed by atoms with Crippen LogP contribution in [0.15, 0.2) is 66.9 Å². The van der Waals surface area contributed by atoms with Gasteiger partial charge in [0.1, 0.15) is 35.8 Å². The van der Waals surface area contributed by atoms with Gasteiger partial charge in [-0.15, -0.1) is 0 Å². The molecule has 5 atom stereocenters. The number of nitrogens with two attached hydrogens (primary N) is 1. The van der Waals surface area contributed by atoms with Crippen LogP contribution in [0.4, 0.5) is 8.78 Å². The Labute approximate surface area is 436 Å². The van der Waals surface area contributed by atoms with Gasteiger partial charge in [0.25, 0.3) is 11.8 Å². The smallest absolute Gasteiger partial charge is 0.326 e. The van der Waals surface area contributed by atoms with Crippen LogP contribution in [0, 0.1) is 28.9 Å². The SMILES string of the molecule is CC(C)[C@H](NC(=O)CCCCCN1C(=O)C=CC1=O)C(=O)C[C@@H](C)C(=O)N[C@@H](CCC(=O)CCCNC(=O)[C@@H](N)CCN(C(=O)CO)[C@@H](c1nn(-c2cc(F)ccc2F)cc1Cc1ccccc1)C(C)(C)C)C(=O)O. The fourth-order valence-corrected chi connectivity index (χ4v) is 8.71. The first kappa shape index (κ1) is 60.6. The summed E-state index contributed by atoms with van der Waals surface area (Å²) in [5, 5.41) is 32.5. The van der Waals surface area contributed by atoms with Crippen LogP contribution >= 0.6 is 0 Å². The minimum Gasteiger partial charge on any atom is -0.480 e. The molecular formula is C54H72F2N8O11. The van der Waals surface area contributed by atoms with Gasteiger partial charge in [-0.3, -0.25) is 43.3 Å². The number of carbonyl (C=O) groups excluding carboxylic acids is 8. The normalized spacial score (nSPS) is 14.5. The van der Waals surface area contributed by atoms with Gasteiger partial charge in [-0.2, -0.15) is 5.10 Å². The summed E-state index contributed by atoms with van der Waals surface area (Å²) in [4.78, 5) is 117. The van der Waals surface area contributed by atoms with E-state index in [1.165, 1.54) is 28.7 Å². The van der Waals surface area contributed by atoms with Crippen LogP contribution in [0.5, 0.6) is 0 Å². The molecule has 1 aromatic heterocycles. The molecule has 1 aliphatic heterocycles. The molecule has 408 valence electrons. The first-order valence-electron chi connectivity index (χ1n) is 25.3. The number of imide groups is 1. The first-order valence-corrected chi connectivity index (χ1v) is 25.3. The van der Waals surface area contributed by atoms with Crippen molar-refractivity contribution >= 4 is 53.0 Å². The quantitative estimate of drug-likeness (QED) is 0.0386. The molecule has 75 heavy (non-hydrogen) atoms. The zero-order chi connectivity index (χ0) is 55.6. The van der Waals surface area contributed by atoms with Crippen LogP contribution in [-0.2, 0) is 49.6 Å². The minimum absolute atomic E-state index is 0.0326. The number of carbonyl (C=O) groups is 9. The average molecular weight is 1050 g/mol. The van der Waals surface area contributed by atoms with Gasteiger partial charge in [0.2, 0.25) is 23.6 Å². The molecule has 0 saturated carbocycles. The number of carboxylic acids is 1. The van der Waals surface area contributed by atoms with Gasteiger partial charge >= 0.3 is 5.97 Å². The third kappa shape index (κ3) is 18.4. The molecule has 2 aromatic carbocycles. The summed E-state index contributed by atoms with van der Waals surface area (Å²) >= 11 is 0. The second kappa shape index (κ2) is 28.6. The number of benzene rings is 2. The molecule has 0 spiro atoms. The Bertz CT molecular complexity index is 2530. The van der Waals surface area contributed by atoms with Crippen molar-refractivity contribution < 1.29 is 62.1 Å². The third-order valence-corrected chi connectivity index (χ3v) is 12.8. The Morgan fingerprint density at radius 2 is 1.52 bits per heavy atom. The molecule has 0 radical (unpaired) electrons. The third-order valence-electron chi connectivity index (χ3n) is 12.8. The Kier molecular flexibility index (Phi) is 23.1. The van der Waals surface area contributed by atoms with E-state index in [1.54, 1.807) is 20.0 Å². The van der Waals surface area contributed by atoms with Crippen molar-refractivity contribution in [3.63, 3.8) is 0 Å². The van der Waals surface area contributed by atoms with Crippen molar-refractivity contribution in [2.24, 2.45) is 23.0 Å². The van der Waals surface area contributed by atoms with Crippen LogP contribution in [0.25, 0.3) is 5.69 Å². The van der Waals surface area contributed by atoms with Crippen LogP contribution in [0.3, 0.4) is 0 Å². The van der Waals surface area contributed by atoms with Gasteiger partial charge in [0.05, 0.1) is 23.8 Å². The Morgan fingerprint density at radius 1 is 0.840 bits per heavy atom. The molecule has 0 aliphatic carbocycles. The maximum absolute atomic E-state index is 15.1. The van der Waals surface area contributed by atoms with Gasteiger partial charge in [0, 0.05) is 87.6 Å². The van der Waals surface area contributed by atoms with Crippen LogP contribution in [0.2, 0.25) is 0 Å². The number of halogens is 2. The summed E-state index contributed by atoms with van der Waals surface area (Å²) in [6.45, 7) is 9.79. The number of aliphatic hydroxyl groups is 1. The predicted octanol–water partition coefficient (Wildman–Crippen LogP) is 4.40. The molecular weight excluding hydrogens is 975 g/mol. The molecule has 3 aromatic rings. The van der Waals surface area contributed by atoms with E-state index in [2.05, 4.69) is 16.0 Å². The Balaban J connectivity index is 1.25. The average Bonchev–Trinajstić information content (AvgIpc) is 3.91. The molecule has 4 rings (SSSR count). The van der Waals surface area contributed by atoms with E-state index in [1.807, 2.05) is 51.1 Å². The van der Waals surface area contributed by atoms with Crippen LogP contribution in [-0.4, -0.2) is 127 Å². The van der Waals surface area contributed by atoms with Crippen molar-refractivity contribution in [3.05, 3.63) is 95.3 Å².